The Labute approximate surface area is 148 Å². The summed E-state index contributed by atoms with van der Waals surface area (Å²) in [6.07, 6.45) is 1.17. The molecule has 25 heavy (non-hydrogen) atoms. The molecule has 4 nitrogen and oxygen atoms in total. The molecule has 0 fully saturated rings. The predicted octanol–water partition coefficient (Wildman–Crippen LogP) is 4.40. The first-order valence-electron chi connectivity index (χ1n) is 7.44. The maximum absolute atomic E-state index is 13.7. The van der Waals surface area contributed by atoms with E-state index in [1.165, 1.54) is 25.5 Å². The SMILES string of the molecule is COc1cc2ccccc2cc1C(=O)N/N=C\c1c(F)cccc1Cl. The van der Waals surface area contributed by atoms with Gasteiger partial charge in [-0.1, -0.05) is 41.9 Å². The Kier molecular flexibility index (Phi) is 4.95. The average molecular weight is 357 g/mol. The molecule has 0 unspecified atom stereocenters. The zero-order valence-corrected chi connectivity index (χ0v) is 14.0. The molecule has 0 saturated heterocycles. The van der Waals surface area contributed by atoms with Gasteiger partial charge >= 0.3 is 0 Å². The number of carbonyl (C=O) groups is 1. The van der Waals surface area contributed by atoms with E-state index >= 15 is 0 Å². The van der Waals surface area contributed by atoms with E-state index in [4.69, 9.17) is 16.3 Å². The van der Waals surface area contributed by atoms with Crippen LogP contribution in [0, 0.1) is 5.82 Å². The van der Waals surface area contributed by atoms with Gasteiger partial charge in [-0.2, -0.15) is 5.10 Å². The summed E-state index contributed by atoms with van der Waals surface area (Å²) in [7, 11) is 1.49. The van der Waals surface area contributed by atoms with Gasteiger partial charge in [-0.25, -0.2) is 9.82 Å². The molecule has 0 spiro atoms. The van der Waals surface area contributed by atoms with E-state index in [1.807, 2.05) is 24.3 Å². The molecule has 0 aliphatic rings. The van der Waals surface area contributed by atoms with Crippen molar-refractivity contribution in [3.8, 4) is 5.75 Å². The second kappa shape index (κ2) is 7.32. The molecule has 126 valence electrons. The lowest BCUT2D eigenvalue weighted by molar-refractivity contribution is 0.0952. The van der Waals surface area contributed by atoms with Crippen LogP contribution in [0.15, 0.2) is 59.7 Å². The van der Waals surface area contributed by atoms with Crippen molar-refractivity contribution < 1.29 is 13.9 Å². The van der Waals surface area contributed by atoms with Gasteiger partial charge in [-0.3, -0.25) is 4.79 Å². The Bertz CT molecular complexity index is 953. The van der Waals surface area contributed by atoms with E-state index < -0.39 is 11.7 Å². The second-order valence-corrected chi connectivity index (χ2v) is 5.64. The van der Waals surface area contributed by atoms with Crippen molar-refractivity contribution in [2.24, 2.45) is 5.10 Å². The second-order valence-electron chi connectivity index (χ2n) is 5.23. The highest BCUT2D eigenvalue weighted by atomic mass is 35.5. The number of amides is 1. The van der Waals surface area contributed by atoms with Gasteiger partial charge in [-0.05, 0) is 35.0 Å². The van der Waals surface area contributed by atoms with Gasteiger partial charge in [0.15, 0.2) is 0 Å². The topological polar surface area (TPSA) is 50.7 Å². The van der Waals surface area contributed by atoms with Gasteiger partial charge < -0.3 is 4.74 Å². The Morgan fingerprint density at radius 2 is 1.88 bits per heavy atom. The number of nitrogens with one attached hydrogen (secondary N) is 1. The summed E-state index contributed by atoms with van der Waals surface area (Å²) >= 11 is 5.91. The zero-order valence-electron chi connectivity index (χ0n) is 13.3. The molecule has 0 atom stereocenters. The van der Waals surface area contributed by atoms with E-state index in [9.17, 15) is 9.18 Å². The first-order valence-corrected chi connectivity index (χ1v) is 7.82. The van der Waals surface area contributed by atoms with Crippen molar-refractivity contribution in [3.05, 3.63) is 76.6 Å². The largest absolute Gasteiger partial charge is 0.496 e. The quantitative estimate of drug-likeness (QED) is 0.556. The van der Waals surface area contributed by atoms with Crippen LogP contribution in [-0.4, -0.2) is 19.2 Å². The molecule has 3 aromatic carbocycles. The van der Waals surface area contributed by atoms with Crippen molar-refractivity contribution in [3.63, 3.8) is 0 Å². The normalized spacial score (nSPS) is 11.0. The lowest BCUT2D eigenvalue weighted by atomic mass is 10.1. The smallest absolute Gasteiger partial charge is 0.275 e. The fraction of sp³-hybridized carbons (Fsp3) is 0.0526. The van der Waals surface area contributed by atoms with E-state index in [0.717, 1.165) is 10.8 Å². The third kappa shape index (κ3) is 3.61. The Morgan fingerprint density at radius 1 is 1.16 bits per heavy atom. The minimum Gasteiger partial charge on any atom is -0.496 e. The van der Waals surface area contributed by atoms with Gasteiger partial charge in [-0.15, -0.1) is 0 Å². The summed E-state index contributed by atoms with van der Waals surface area (Å²) in [5, 5.41) is 5.85. The summed E-state index contributed by atoms with van der Waals surface area (Å²) < 4.78 is 19.0. The number of rotatable bonds is 4. The van der Waals surface area contributed by atoms with E-state index in [2.05, 4.69) is 10.5 Å². The molecule has 3 rings (SSSR count). The molecular formula is C19H14ClFN2O2. The molecule has 3 aromatic rings. The molecule has 1 amide bonds. The van der Waals surface area contributed by atoms with E-state index in [1.54, 1.807) is 18.2 Å². The molecule has 0 aromatic heterocycles. The first kappa shape index (κ1) is 16.9. The number of methoxy groups -OCH3 is 1. The summed E-state index contributed by atoms with van der Waals surface area (Å²) in [6.45, 7) is 0. The highest BCUT2D eigenvalue weighted by molar-refractivity contribution is 6.33. The minimum atomic E-state index is -0.520. The van der Waals surface area contributed by atoms with Crippen LogP contribution in [0.5, 0.6) is 5.75 Å². The molecule has 0 heterocycles. The predicted molar refractivity (Wildman–Crippen MR) is 97.0 cm³/mol. The number of hydrogen-bond acceptors (Lipinski definition) is 3. The van der Waals surface area contributed by atoms with Crippen molar-refractivity contribution in [2.75, 3.05) is 7.11 Å². The van der Waals surface area contributed by atoms with Crippen LogP contribution in [0.25, 0.3) is 10.8 Å². The number of fused-ring (bicyclic) bond motifs is 1. The van der Waals surface area contributed by atoms with Crippen molar-refractivity contribution >= 4 is 34.5 Å². The maximum atomic E-state index is 13.7. The molecule has 0 saturated carbocycles. The van der Waals surface area contributed by atoms with Gasteiger partial charge in [0.25, 0.3) is 5.91 Å². The van der Waals surface area contributed by atoms with Crippen molar-refractivity contribution in [2.45, 2.75) is 0 Å². The average Bonchev–Trinajstić information content (AvgIpc) is 2.62. The standard InChI is InChI=1S/C19H14ClFN2O2/c1-25-18-10-13-6-3-2-5-12(13)9-14(18)19(24)23-22-11-15-16(20)7-4-8-17(15)21/h2-11H,1H3,(H,23,24)/b22-11-. The molecule has 0 bridgehead atoms. The van der Waals surface area contributed by atoms with Gasteiger partial charge in [0.1, 0.15) is 11.6 Å². The molecule has 0 aliphatic carbocycles. The van der Waals surface area contributed by atoms with Crippen molar-refractivity contribution in [1.82, 2.24) is 5.43 Å². The fourth-order valence-corrected chi connectivity index (χ4v) is 2.63. The van der Waals surface area contributed by atoms with E-state index in [0.29, 0.717) is 11.3 Å². The van der Waals surface area contributed by atoms with Gasteiger partial charge in [0.05, 0.1) is 23.9 Å². The Morgan fingerprint density at radius 3 is 2.56 bits per heavy atom. The summed E-state index contributed by atoms with van der Waals surface area (Å²) in [5.41, 5.74) is 2.80. The summed E-state index contributed by atoms with van der Waals surface area (Å²) in [5.74, 6) is -0.560. The molecule has 0 aliphatic heterocycles. The zero-order chi connectivity index (χ0) is 17.8. The maximum Gasteiger partial charge on any atom is 0.275 e. The van der Waals surface area contributed by atoms with Gasteiger partial charge in [0, 0.05) is 5.56 Å². The molecular weight excluding hydrogens is 343 g/mol. The number of hydrazone groups is 1. The number of ether oxygens (including phenoxy) is 1. The molecule has 1 N–H and O–H groups in total. The van der Waals surface area contributed by atoms with Crippen LogP contribution in [0.3, 0.4) is 0 Å². The Hall–Kier alpha value is -2.92. The number of hydrogen-bond donors (Lipinski definition) is 1. The monoisotopic (exact) mass is 356 g/mol. The van der Waals surface area contributed by atoms with Crippen LogP contribution >= 0.6 is 11.6 Å². The third-order valence-electron chi connectivity index (χ3n) is 3.67. The lowest BCUT2D eigenvalue weighted by Crippen LogP contribution is -2.18. The number of carbonyl (C=O) groups excluding carboxylic acids is 1. The van der Waals surface area contributed by atoms with Crippen LogP contribution in [0.2, 0.25) is 5.02 Å². The van der Waals surface area contributed by atoms with Crippen LogP contribution in [-0.2, 0) is 0 Å². The molecule has 6 heteroatoms. The minimum absolute atomic E-state index is 0.106. The van der Waals surface area contributed by atoms with Crippen LogP contribution in [0.1, 0.15) is 15.9 Å². The third-order valence-corrected chi connectivity index (χ3v) is 4.00. The number of nitrogens with zero attached hydrogens (tertiary/aromatic N) is 1. The van der Waals surface area contributed by atoms with Crippen LogP contribution < -0.4 is 10.2 Å². The van der Waals surface area contributed by atoms with Crippen LogP contribution in [0.4, 0.5) is 4.39 Å². The summed E-state index contributed by atoms with van der Waals surface area (Å²) in [6, 6.07) is 15.4. The van der Waals surface area contributed by atoms with E-state index in [-0.39, 0.29) is 10.6 Å². The highest BCUT2D eigenvalue weighted by Crippen LogP contribution is 2.26. The Balaban J connectivity index is 1.86. The lowest BCUT2D eigenvalue weighted by Gasteiger charge is -2.09. The molecule has 0 radical (unpaired) electrons. The highest BCUT2D eigenvalue weighted by Gasteiger charge is 2.13. The number of benzene rings is 3. The van der Waals surface area contributed by atoms with Crippen molar-refractivity contribution in [1.29, 1.82) is 0 Å². The first-order chi connectivity index (χ1) is 12.1. The fourth-order valence-electron chi connectivity index (χ4n) is 2.42. The summed E-state index contributed by atoms with van der Waals surface area (Å²) in [4.78, 5) is 12.4. The van der Waals surface area contributed by atoms with Gasteiger partial charge in [0.2, 0.25) is 0 Å². The number of halogens is 2.